The summed E-state index contributed by atoms with van der Waals surface area (Å²) >= 11 is 2.06. The summed E-state index contributed by atoms with van der Waals surface area (Å²) in [5.74, 6) is -0.0422. The van der Waals surface area contributed by atoms with E-state index in [4.69, 9.17) is 9.47 Å². The van der Waals surface area contributed by atoms with Gasteiger partial charge in [0, 0.05) is 11.4 Å². The number of benzene rings is 3. The highest BCUT2D eigenvalue weighted by Gasteiger charge is 2.16. The molecule has 0 spiro atoms. The first-order chi connectivity index (χ1) is 17.2. The van der Waals surface area contributed by atoms with Crippen LogP contribution >= 0.6 is 22.6 Å². The molecule has 184 valence electrons. The Bertz CT molecular complexity index is 1360. The van der Waals surface area contributed by atoms with Crippen molar-refractivity contribution in [2.75, 3.05) is 24.4 Å². The van der Waals surface area contributed by atoms with E-state index in [1.807, 2.05) is 57.2 Å². The van der Waals surface area contributed by atoms with E-state index in [1.165, 1.54) is 13.2 Å². The maximum atomic E-state index is 12.6. The number of rotatable bonds is 8. The first kappa shape index (κ1) is 26.8. The predicted molar refractivity (Wildman–Crippen MR) is 149 cm³/mol. The molecule has 0 atom stereocenters. The second-order valence-electron chi connectivity index (χ2n) is 8.18. The number of nitriles is 1. The van der Waals surface area contributed by atoms with Crippen LogP contribution in [-0.2, 0) is 9.59 Å². The van der Waals surface area contributed by atoms with Crippen LogP contribution in [0.4, 0.5) is 11.4 Å². The van der Waals surface area contributed by atoms with E-state index >= 15 is 0 Å². The van der Waals surface area contributed by atoms with Crippen LogP contribution in [0.15, 0.2) is 60.2 Å². The number of halogens is 1. The SMILES string of the molecule is COc1cc(/C=C(/C#N)C(=O)Nc2ccc(C)cc2)cc(I)c1OCC(=O)Nc1ccc(C)cc1C. The molecule has 0 saturated heterocycles. The molecule has 0 aliphatic rings. The zero-order valence-corrected chi connectivity index (χ0v) is 22.6. The van der Waals surface area contributed by atoms with Gasteiger partial charge >= 0.3 is 0 Å². The van der Waals surface area contributed by atoms with Crippen molar-refractivity contribution >= 4 is 51.9 Å². The minimum absolute atomic E-state index is 0.0602. The van der Waals surface area contributed by atoms with Crippen LogP contribution < -0.4 is 20.1 Å². The molecule has 3 aromatic carbocycles. The van der Waals surface area contributed by atoms with Crippen LogP contribution in [0.3, 0.4) is 0 Å². The summed E-state index contributed by atoms with van der Waals surface area (Å²) in [4.78, 5) is 25.1. The van der Waals surface area contributed by atoms with Crippen LogP contribution in [0.1, 0.15) is 22.3 Å². The first-order valence-corrected chi connectivity index (χ1v) is 12.1. The van der Waals surface area contributed by atoms with Crippen molar-refractivity contribution in [3.8, 4) is 17.6 Å². The lowest BCUT2D eigenvalue weighted by molar-refractivity contribution is -0.118. The van der Waals surface area contributed by atoms with Crippen molar-refractivity contribution in [3.63, 3.8) is 0 Å². The highest BCUT2D eigenvalue weighted by atomic mass is 127. The summed E-state index contributed by atoms with van der Waals surface area (Å²) in [6, 6.07) is 18.4. The first-order valence-electron chi connectivity index (χ1n) is 11.1. The quantitative estimate of drug-likeness (QED) is 0.195. The van der Waals surface area contributed by atoms with E-state index in [0.29, 0.717) is 26.3 Å². The molecule has 8 heteroatoms. The molecule has 7 nitrogen and oxygen atoms in total. The van der Waals surface area contributed by atoms with Gasteiger partial charge in [0.1, 0.15) is 11.6 Å². The summed E-state index contributed by atoms with van der Waals surface area (Å²) in [6.07, 6.45) is 1.48. The zero-order chi connectivity index (χ0) is 26.2. The van der Waals surface area contributed by atoms with Gasteiger partial charge in [-0.1, -0.05) is 35.4 Å². The molecule has 0 aliphatic heterocycles. The average molecular weight is 595 g/mol. The Balaban J connectivity index is 1.73. The molecule has 0 bridgehead atoms. The molecule has 0 aromatic heterocycles. The lowest BCUT2D eigenvalue weighted by Gasteiger charge is -2.14. The Morgan fingerprint density at radius 1 is 1.00 bits per heavy atom. The molecule has 0 radical (unpaired) electrons. The van der Waals surface area contributed by atoms with E-state index in [0.717, 1.165) is 22.4 Å². The number of nitrogens with zero attached hydrogens (tertiary/aromatic N) is 1. The fourth-order valence-corrected chi connectivity index (χ4v) is 4.17. The lowest BCUT2D eigenvalue weighted by Crippen LogP contribution is -2.21. The summed E-state index contributed by atoms with van der Waals surface area (Å²) in [7, 11) is 1.48. The largest absolute Gasteiger partial charge is 0.493 e. The standard InChI is InChI=1S/C28H26IN3O4/c1-17-5-8-22(9-6-17)31-28(34)21(15-30)12-20-13-23(29)27(25(14-20)35-4)36-16-26(33)32-24-10-7-18(2)11-19(24)3/h5-14H,16H2,1-4H3,(H,31,34)(H,32,33)/b21-12-. The van der Waals surface area contributed by atoms with Crippen molar-refractivity contribution in [1.82, 2.24) is 0 Å². The predicted octanol–water partition coefficient (Wildman–Crippen LogP) is 5.79. The monoisotopic (exact) mass is 595 g/mol. The second-order valence-corrected chi connectivity index (χ2v) is 9.34. The number of hydrogen-bond acceptors (Lipinski definition) is 5. The molecule has 36 heavy (non-hydrogen) atoms. The molecule has 0 aliphatic carbocycles. The van der Waals surface area contributed by atoms with Crippen molar-refractivity contribution < 1.29 is 19.1 Å². The van der Waals surface area contributed by atoms with Gasteiger partial charge in [0.2, 0.25) is 0 Å². The third-order valence-corrected chi connectivity index (χ3v) is 6.04. The van der Waals surface area contributed by atoms with Gasteiger partial charge in [-0.25, -0.2) is 0 Å². The van der Waals surface area contributed by atoms with Crippen molar-refractivity contribution in [3.05, 3.63) is 86.0 Å². The highest BCUT2D eigenvalue weighted by molar-refractivity contribution is 14.1. The van der Waals surface area contributed by atoms with Crippen LogP contribution in [0, 0.1) is 35.7 Å². The highest BCUT2D eigenvalue weighted by Crippen LogP contribution is 2.34. The molecule has 2 amide bonds. The van der Waals surface area contributed by atoms with Gasteiger partial charge in [0.15, 0.2) is 18.1 Å². The fourth-order valence-electron chi connectivity index (χ4n) is 3.39. The third-order valence-electron chi connectivity index (χ3n) is 5.24. The van der Waals surface area contributed by atoms with Crippen LogP contribution in [-0.4, -0.2) is 25.5 Å². The summed E-state index contributed by atoms with van der Waals surface area (Å²) in [5.41, 5.74) is 4.99. The smallest absolute Gasteiger partial charge is 0.266 e. The van der Waals surface area contributed by atoms with Gasteiger partial charge in [0.25, 0.3) is 11.8 Å². The van der Waals surface area contributed by atoms with Gasteiger partial charge < -0.3 is 20.1 Å². The molecule has 2 N–H and O–H groups in total. The zero-order valence-electron chi connectivity index (χ0n) is 20.4. The lowest BCUT2D eigenvalue weighted by atomic mass is 10.1. The van der Waals surface area contributed by atoms with Gasteiger partial charge in [0.05, 0.1) is 10.7 Å². The Hall–Kier alpha value is -3.84. The van der Waals surface area contributed by atoms with E-state index in [-0.39, 0.29) is 18.1 Å². The molecule has 0 saturated carbocycles. The minimum atomic E-state index is -0.515. The van der Waals surface area contributed by atoms with Crippen molar-refractivity contribution in [2.24, 2.45) is 0 Å². The summed E-state index contributed by atoms with van der Waals surface area (Å²) in [6.45, 7) is 5.66. The van der Waals surface area contributed by atoms with E-state index in [2.05, 4.69) is 33.2 Å². The Labute approximate surface area is 224 Å². The Morgan fingerprint density at radius 2 is 1.69 bits per heavy atom. The van der Waals surface area contributed by atoms with E-state index in [9.17, 15) is 14.9 Å². The molecular formula is C28H26IN3O4. The molecular weight excluding hydrogens is 569 g/mol. The van der Waals surface area contributed by atoms with Crippen LogP contribution in [0.2, 0.25) is 0 Å². The minimum Gasteiger partial charge on any atom is -0.493 e. The van der Waals surface area contributed by atoms with Gasteiger partial charge in [-0.15, -0.1) is 0 Å². The normalized spacial score (nSPS) is 10.8. The van der Waals surface area contributed by atoms with Crippen molar-refractivity contribution in [2.45, 2.75) is 20.8 Å². The number of methoxy groups -OCH3 is 1. The van der Waals surface area contributed by atoms with Gasteiger partial charge in [-0.3, -0.25) is 9.59 Å². The maximum absolute atomic E-state index is 12.6. The number of hydrogen-bond donors (Lipinski definition) is 2. The second kappa shape index (κ2) is 12.2. The number of carbonyl (C=O) groups is 2. The van der Waals surface area contributed by atoms with E-state index in [1.54, 1.807) is 24.3 Å². The van der Waals surface area contributed by atoms with Gasteiger partial charge in [-0.2, -0.15) is 5.26 Å². The number of nitrogens with one attached hydrogen (secondary N) is 2. The number of ether oxygens (including phenoxy) is 2. The number of aryl methyl sites for hydroxylation is 3. The van der Waals surface area contributed by atoms with Crippen molar-refractivity contribution in [1.29, 1.82) is 5.26 Å². The number of anilines is 2. The van der Waals surface area contributed by atoms with Gasteiger partial charge in [-0.05, 0) is 90.9 Å². The van der Waals surface area contributed by atoms with Crippen LogP contribution in [0.25, 0.3) is 6.08 Å². The summed E-state index contributed by atoms with van der Waals surface area (Å²) in [5, 5.41) is 15.1. The maximum Gasteiger partial charge on any atom is 0.266 e. The molecule has 3 aromatic rings. The molecule has 0 unspecified atom stereocenters. The average Bonchev–Trinajstić information content (AvgIpc) is 2.84. The summed E-state index contributed by atoms with van der Waals surface area (Å²) < 4.78 is 11.9. The Morgan fingerprint density at radius 3 is 2.33 bits per heavy atom. The number of carbonyl (C=O) groups excluding carboxylic acids is 2. The van der Waals surface area contributed by atoms with Crippen LogP contribution in [0.5, 0.6) is 11.5 Å². The molecule has 3 rings (SSSR count). The topological polar surface area (TPSA) is 100 Å². The fraction of sp³-hybridized carbons (Fsp3) is 0.179. The molecule has 0 fully saturated rings. The Kier molecular flexibility index (Phi) is 9.08. The third kappa shape index (κ3) is 7.09. The number of amides is 2. The van der Waals surface area contributed by atoms with E-state index < -0.39 is 5.91 Å². The molecule has 0 heterocycles.